The minimum absolute atomic E-state index is 0.0124. The van der Waals surface area contributed by atoms with Gasteiger partial charge in [0.25, 0.3) is 0 Å². The first-order chi connectivity index (χ1) is 10.6. The molecule has 0 unspecified atom stereocenters. The summed E-state index contributed by atoms with van der Waals surface area (Å²) in [7, 11) is 0. The Bertz CT molecular complexity index is 719. The number of aromatic nitrogens is 1. The predicted octanol–water partition coefficient (Wildman–Crippen LogP) is 1.94. The molecule has 0 saturated carbocycles. The molecule has 2 aromatic rings. The van der Waals surface area contributed by atoms with Gasteiger partial charge in [0.15, 0.2) is 0 Å². The number of carbonyl (C=O) groups is 2. The molecule has 3 rings (SSSR count). The number of anilines is 1. The van der Waals surface area contributed by atoms with Gasteiger partial charge in [0.05, 0.1) is 6.42 Å². The van der Waals surface area contributed by atoms with Crippen molar-refractivity contribution in [2.75, 3.05) is 11.4 Å². The summed E-state index contributed by atoms with van der Waals surface area (Å²) >= 11 is 5.93. The Kier molecular flexibility index (Phi) is 4.06. The third-order valence-electron chi connectivity index (χ3n) is 3.52. The summed E-state index contributed by atoms with van der Waals surface area (Å²) in [5, 5.41) is 3.40. The molecule has 1 aromatic carbocycles. The van der Waals surface area contributed by atoms with Gasteiger partial charge < -0.3 is 10.2 Å². The van der Waals surface area contributed by atoms with Crippen molar-refractivity contribution in [3.63, 3.8) is 0 Å². The highest BCUT2D eigenvalue weighted by Crippen LogP contribution is 2.30. The van der Waals surface area contributed by atoms with Crippen molar-refractivity contribution in [3.8, 4) is 0 Å². The van der Waals surface area contributed by atoms with Crippen LogP contribution in [0, 0.1) is 0 Å². The van der Waals surface area contributed by atoms with Gasteiger partial charge in [0, 0.05) is 29.6 Å². The lowest BCUT2D eigenvalue weighted by Gasteiger charge is -2.17. The van der Waals surface area contributed by atoms with Crippen LogP contribution in [0.5, 0.6) is 0 Å². The van der Waals surface area contributed by atoms with Crippen LogP contribution in [0.2, 0.25) is 5.02 Å². The predicted molar refractivity (Wildman–Crippen MR) is 83.6 cm³/mol. The second-order valence-corrected chi connectivity index (χ2v) is 5.50. The van der Waals surface area contributed by atoms with E-state index in [1.165, 1.54) is 4.90 Å². The average Bonchev–Trinajstić information content (AvgIpc) is 2.81. The van der Waals surface area contributed by atoms with Gasteiger partial charge in [0.2, 0.25) is 11.8 Å². The standard InChI is InChI=1S/C16H14ClN3O2/c17-13-1-2-14-12(7-13)8-16(22)20(14)10-15(21)19-9-11-3-5-18-6-4-11/h1-7H,8-10H2,(H,19,21). The fraction of sp³-hybridized carbons (Fsp3) is 0.188. The molecular formula is C16H14ClN3O2. The smallest absolute Gasteiger partial charge is 0.240 e. The van der Waals surface area contributed by atoms with Crippen LogP contribution in [-0.4, -0.2) is 23.3 Å². The first kappa shape index (κ1) is 14.5. The lowest BCUT2D eigenvalue weighted by molar-refractivity contribution is -0.123. The van der Waals surface area contributed by atoms with Crippen molar-refractivity contribution in [3.05, 3.63) is 58.9 Å². The molecule has 1 N–H and O–H groups in total. The van der Waals surface area contributed by atoms with Crippen molar-refractivity contribution < 1.29 is 9.59 Å². The number of amides is 2. The van der Waals surface area contributed by atoms with Crippen molar-refractivity contribution in [1.82, 2.24) is 10.3 Å². The maximum absolute atomic E-state index is 12.0. The minimum Gasteiger partial charge on any atom is -0.350 e. The Morgan fingerprint density at radius 1 is 1.27 bits per heavy atom. The second-order valence-electron chi connectivity index (χ2n) is 5.06. The van der Waals surface area contributed by atoms with Crippen molar-refractivity contribution in [1.29, 1.82) is 0 Å². The fourth-order valence-corrected chi connectivity index (χ4v) is 2.62. The van der Waals surface area contributed by atoms with Gasteiger partial charge in [-0.1, -0.05) is 11.6 Å². The van der Waals surface area contributed by atoms with Gasteiger partial charge in [-0.2, -0.15) is 0 Å². The molecule has 1 aliphatic rings. The summed E-state index contributed by atoms with van der Waals surface area (Å²) in [4.78, 5) is 29.5. The van der Waals surface area contributed by atoms with Gasteiger partial charge in [-0.15, -0.1) is 0 Å². The highest BCUT2D eigenvalue weighted by Gasteiger charge is 2.28. The first-order valence-electron chi connectivity index (χ1n) is 6.88. The lowest BCUT2D eigenvalue weighted by Crippen LogP contribution is -2.38. The SMILES string of the molecule is O=C(CN1C(=O)Cc2cc(Cl)ccc21)NCc1ccncc1. The molecule has 0 radical (unpaired) electrons. The van der Waals surface area contributed by atoms with Crippen LogP contribution in [0.25, 0.3) is 0 Å². The van der Waals surface area contributed by atoms with Crippen LogP contribution in [0.4, 0.5) is 5.69 Å². The van der Waals surface area contributed by atoms with E-state index in [1.54, 1.807) is 30.6 Å². The zero-order chi connectivity index (χ0) is 15.5. The summed E-state index contributed by atoms with van der Waals surface area (Å²) in [6, 6.07) is 8.93. The number of benzene rings is 1. The van der Waals surface area contributed by atoms with Gasteiger partial charge in [-0.3, -0.25) is 14.6 Å². The molecular weight excluding hydrogens is 302 g/mol. The van der Waals surface area contributed by atoms with E-state index in [-0.39, 0.29) is 24.8 Å². The Hall–Kier alpha value is -2.40. The van der Waals surface area contributed by atoms with Crippen LogP contribution in [0.3, 0.4) is 0 Å². The van der Waals surface area contributed by atoms with Crippen LogP contribution in [0.1, 0.15) is 11.1 Å². The quantitative estimate of drug-likeness (QED) is 0.938. The zero-order valence-corrected chi connectivity index (χ0v) is 12.5. The fourth-order valence-electron chi connectivity index (χ4n) is 2.43. The Labute approximate surface area is 132 Å². The van der Waals surface area contributed by atoms with Crippen LogP contribution < -0.4 is 10.2 Å². The first-order valence-corrected chi connectivity index (χ1v) is 7.25. The number of fused-ring (bicyclic) bond motifs is 1. The summed E-state index contributed by atoms with van der Waals surface area (Å²) in [5.74, 6) is -0.288. The molecule has 0 saturated heterocycles. The van der Waals surface area contributed by atoms with E-state index in [2.05, 4.69) is 10.3 Å². The molecule has 0 aliphatic carbocycles. The molecule has 0 spiro atoms. The van der Waals surface area contributed by atoms with Crippen molar-refractivity contribution >= 4 is 29.1 Å². The number of hydrogen-bond acceptors (Lipinski definition) is 3. The highest BCUT2D eigenvalue weighted by molar-refractivity contribution is 6.31. The molecule has 0 fully saturated rings. The monoisotopic (exact) mass is 315 g/mol. The minimum atomic E-state index is -0.201. The summed E-state index contributed by atoms with van der Waals surface area (Å²) in [6.45, 7) is 0.426. The number of pyridine rings is 1. The third kappa shape index (κ3) is 3.09. The zero-order valence-electron chi connectivity index (χ0n) is 11.8. The van der Waals surface area contributed by atoms with Crippen molar-refractivity contribution in [2.24, 2.45) is 0 Å². The molecule has 1 aliphatic heterocycles. The molecule has 0 bridgehead atoms. The summed E-state index contributed by atoms with van der Waals surface area (Å²) in [5.41, 5.74) is 2.58. The number of hydrogen-bond donors (Lipinski definition) is 1. The molecule has 2 heterocycles. The van der Waals surface area contributed by atoms with Crippen LogP contribution >= 0.6 is 11.6 Å². The largest absolute Gasteiger partial charge is 0.350 e. The Balaban J connectivity index is 1.64. The molecule has 5 nitrogen and oxygen atoms in total. The topological polar surface area (TPSA) is 62.3 Å². The van der Waals surface area contributed by atoms with Crippen LogP contribution in [0.15, 0.2) is 42.7 Å². The average molecular weight is 316 g/mol. The van der Waals surface area contributed by atoms with E-state index in [0.29, 0.717) is 11.6 Å². The molecule has 1 aromatic heterocycles. The normalized spacial score (nSPS) is 13.1. The number of nitrogens with one attached hydrogen (secondary N) is 1. The number of nitrogens with zero attached hydrogens (tertiary/aromatic N) is 2. The van der Waals surface area contributed by atoms with Crippen LogP contribution in [-0.2, 0) is 22.6 Å². The second kappa shape index (κ2) is 6.15. The van der Waals surface area contributed by atoms with E-state index < -0.39 is 0 Å². The number of rotatable bonds is 4. The van der Waals surface area contributed by atoms with E-state index >= 15 is 0 Å². The number of carbonyl (C=O) groups excluding carboxylic acids is 2. The summed E-state index contributed by atoms with van der Waals surface area (Å²) in [6.07, 6.45) is 3.63. The van der Waals surface area contributed by atoms with Gasteiger partial charge >= 0.3 is 0 Å². The molecule has 2 amide bonds. The van der Waals surface area contributed by atoms with Gasteiger partial charge in [0.1, 0.15) is 6.54 Å². The maximum Gasteiger partial charge on any atom is 0.240 e. The Morgan fingerprint density at radius 3 is 2.82 bits per heavy atom. The van der Waals surface area contributed by atoms with E-state index in [9.17, 15) is 9.59 Å². The van der Waals surface area contributed by atoms with Crippen molar-refractivity contribution in [2.45, 2.75) is 13.0 Å². The van der Waals surface area contributed by atoms with E-state index in [1.807, 2.05) is 12.1 Å². The molecule has 0 atom stereocenters. The molecule has 112 valence electrons. The Morgan fingerprint density at radius 2 is 2.05 bits per heavy atom. The van der Waals surface area contributed by atoms with Gasteiger partial charge in [-0.05, 0) is 41.5 Å². The van der Waals surface area contributed by atoms with E-state index in [0.717, 1.165) is 16.8 Å². The maximum atomic E-state index is 12.0. The molecule has 22 heavy (non-hydrogen) atoms. The number of halogens is 1. The lowest BCUT2D eigenvalue weighted by atomic mass is 10.2. The van der Waals surface area contributed by atoms with E-state index in [4.69, 9.17) is 11.6 Å². The summed E-state index contributed by atoms with van der Waals surface area (Å²) < 4.78 is 0. The van der Waals surface area contributed by atoms with Gasteiger partial charge in [-0.25, -0.2) is 0 Å². The third-order valence-corrected chi connectivity index (χ3v) is 3.75. The molecule has 6 heteroatoms. The highest BCUT2D eigenvalue weighted by atomic mass is 35.5.